The Bertz CT molecular complexity index is 257. The zero-order valence-corrected chi connectivity index (χ0v) is 10.3. The zero-order chi connectivity index (χ0) is 11.5. The molecule has 1 amide bonds. The Kier molecular flexibility index (Phi) is 3.82. The summed E-state index contributed by atoms with van der Waals surface area (Å²) in [5, 5.41) is 6.43. The fraction of sp³-hybridized carbons (Fsp3) is 0.917. The number of amides is 1. The molecule has 2 N–H and O–H groups in total. The van der Waals surface area contributed by atoms with Crippen molar-refractivity contribution in [2.75, 3.05) is 26.2 Å². The van der Waals surface area contributed by atoms with Gasteiger partial charge in [0.15, 0.2) is 0 Å². The second-order valence-electron chi connectivity index (χ2n) is 4.85. The SMILES string of the molecule is CCC1CNCC1N1CCNC(=O)C1CC. The molecule has 2 fully saturated rings. The lowest BCUT2D eigenvalue weighted by atomic mass is 9.96. The van der Waals surface area contributed by atoms with E-state index in [1.54, 1.807) is 0 Å². The molecule has 0 spiro atoms. The Morgan fingerprint density at radius 3 is 2.81 bits per heavy atom. The Labute approximate surface area is 97.8 Å². The van der Waals surface area contributed by atoms with Crippen LogP contribution in [0, 0.1) is 5.92 Å². The monoisotopic (exact) mass is 225 g/mol. The molecule has 2 heterocycles. The molecule has 3 atom stereocenters. The van der Waals surface area contributed by atoms with E-state index in [0.29, 0.717) is 12.0 Å². The van der Waals surface area contributed by atoms with Crippen molar-refractivity contribution in [2.45, 2.75) is 38.8 Å². The van der Waals surface area contributed by atoms with Gasteiger partial charge in [0.25, 0.3) is 0 Å². The van der Waals surface area contributed by atoms with Crippen LogP contribution < -0.4 is 10.6 Å². The first-order valence-electron chi connectivity index (χ1n) is 6.52. The van der Waals surface area contributed by atoms with E-state index in [9.17, 15) is 4.79 Å². The predicted octanol–water partition coefficient (Wildman–Crippen LogP) is 0.195. The second-order valence-corrected chi connectivity index (χ2v) is 4.85. The van der Waals surface area contributed by atoms with Gasteiger partial charge in [0.1, 0.15) is 0 Å². The third-order valence-electron chi connectivity index (χ3n) is 4.01. The molecule has 92 valence electrons. The number of hydrogen-bond donors (Lipinski definition) is 2. The van der Waals surface area contributed by atoms with Crippen LogP contribution in [0.2, 0.25) is 0 Å². The normalized spacial score (nSPS) is 36.4. The smallest absolute Gasteiger partial charge is 0.237 e. The molecule has 4 nitrogen and oxygen atoms in total. The highest BCUT2D eigenvalue weighted by atomic mass is 16.2. The van der Waals surface area contributed by atoms with E-state index in [-0.39, 0.29) is 11.9 Å². The molecule has 0 saturated carbocycles. The average molecular weight is 225 g/mol. The Hall–Kier alpha value is -0.610. The minimum absolute atomic E-state index is 0.0905. The fourth-order valence-corrected chi connectivity index (χ4v) is 3.07. The number of hydrogen-bond acceptors (Lipinski definition) is 3. The van der Waals surface area contributed by atoms with Gasteiger partial charge in [0.2, 0.25) is 5.91 Å². The molecule has 3 unspecified atom stereocenters. The van der Waals surface area contributed by atoms with Crippen LogP contribution in [0.4, 0.5) is 0 Å². The highest BCUT2D eigenvalue weighted by molar-refractivity contribution is 5.82. The molecule has 0 aromatic carbocycles. The minimum atomic E-state index is 0.0905. The van der Waals surface area contributed by atoms with Gasteiger partial charge in [-0.1, -0.05) is 20.3 Å². The molecule has 0 radical (unpaired) electrons. The van der Waals surface area contributed by atoms with Crippen molar-refractivity contribution in [1.82, 2.24) is 15.5 Å². The summed E-state index contributed by atoms with van der Waals surface area (Å²) < 4.78 is 0. The Balaban J connectivity index is 2.08. The number of piperazine rings is 1. The van der Waals surface area contributed by atoms with E-state index in [2.05, 4.69) is 29.4 Å². The van der Waals surface area contributed by atoms with Gasteiger partial charge in [0.05, 0.1) is 6.04 Å². The quantitative estimate of drug-likeness (QED) is 0.721. The van der Waals surface area contributed by atoms with Crippen molar-refractivity contribution in [3.63, 3.8) is 0 Å². The molecule has 2 aliphatic rings. The topological polar surface area (TPSA) is 44.4 Å². The predicted molar refractivity (Wildman–Crippen MR) is 64.2 cm³/mol. The van der Waals surface area contributed by atoms with Crippen LogP contribution in [-0.4, -0.2) is 49.1 Å². The highest BCUT2D eigenvalue weighted by Crippen LogP contribution is 2.23. The molecular weight excluding hydrogens is 202 g/mol. The van der Waals surface area contributed by atoms with Crippen molar-refractivity contribution >= 4 is 5.91 Å². The van der Waals surface area contributed by atoms with Gasteiger partial charge < -0.3 is 10.6 Å². The Morgan fingerprint density at radius 1 is 1.31 bits per heavy atom. The molecule has 0 aromatic rings. The molecule has 2 saturated heterocycles. The summed E-state index contributed by atoms with van der Waals surface area (Å²) in [6.07, 6.45) is 2.12. The second kappa shape index (κ2) is 5.15. The standard InChI is InChI=1S/C12H23N3O/c1-3-9-7-13-8-11(9)15-6-5-14-12(16)10(15)4-2/h9-11,13H,3-8H2,1-2H3,(H,14,16). The molecular formula is C12H23N3O. The first-order valence-corrected chi connectivity index (χ1v) is 6.52. The lowest BCUT2D eigenvalue weighted by Crippen LogP contribution is -2.59. The minimum Gasteiger partial charge on any atom is -0.353 e. The summed E-state index contributed by atoms with van der Waals surface area (Å²) >= 11 is 0. The first kappa shape index (κ1) is 11.9. The fourth-order valence-electron chi connectivity index (χ4n) is 3.07. The van der Waals surface area contributed by atoms with Gasteiger partial charge in [-0.25, -0.2) is 0 Å². The lowest BCUT2D eigenvalue weighted by Gasteiger charge is -2.40. The number of nitrogens with one attached hydrogen (secondary N) is 2. The van der Waals surface area contributed by atoms with E-state index in [1.165, 1.54) is 6.42 Å². The summed E-state index contributed by atoms with van der Waals surface area (Å²) in [5.74, 6) is 0.926. The molecule has 16 heavy (non-hydrogen) atoms. The van der Waals surface area contributed by atoms with Crippen LogP contribution in [0.3, 0.4) is 0 Å². The van der Waals surface area contributed by atoms with Crippen molar-refractivity contribution in [3.8, 4) is 0 Å². The average Bonchev–Trinajstić information content (AvgIpc) is 2.76. The summed E-state index contributed by atoms with van der Waals surface area (Å²) in [4.78, 5) is 14.2. The summed E-state index contributed by atoms with van der Waals surface area (Å²) in [7, 11) is 0. The largest absolute Gasteiger partial charge is 0.353 e. The molecule has 2 aliphatic heterocycles. The molecule has 0 aromatic heterocycles. The van der Waals surface area contributed by atoms with Crippen molar-refractivity contribution < 1.29 is 4.79 Å². The number of carbonyl (C=O) groups excluding carboxylic acids is 1. The van der Waals surface area contributed by atoms with Crippen LogP contribution in [0.5, 0.6) is 0 Å². The van der Waals surface area contributed by atoms with Gasteiger partial charge >= 0.3 is 0 Å². The third kappa shape index (κ3) is 2.09. The maximum Gasteiger partial charge on any atom is 0.237 e. The zero-order valence-electron chi connectivity index (χ0n) is 10.3. The summed E-state index contributed by atoms with van der Waals surface area (Å²) in [6.45, 7) is 8.31. The van der Waals surface area contributed by atoms with E-state index in [4.69, 9.17) is 0 Å². The van der Waals surface area contributed by atoms with Gasteiger partial charge in [0, 0.05) is 25.7 Å². The number of carbonyl (C=O) groups is 1. The lowest BCUT2D eigenvalue weighted by molar-refractivity contribution is -0.130. The van der Waals surface area contributed by atoms with E-state index in [1.807, 2.05) is 0 Å². The Morgan fingerprint density at radius 2 is 2.12 bits per heavy atom. The third-order valence-corrected chi connectivity index (χ3v) is 4.01. The maximum atomic E-state index is 11.8. The maximum absolute atomic E-state index is 11.8. The van der Waals surface area contributed by atoms with Crippen molar-refractivity contribution in [3.05, 3.63) is 0 Å². The van der Waals surface area contributed by atoms with Gasteiger partial charge in [-0.05, 0) is 18.9 Å². The van der Waals surface area contributed by atoms with E-state index in [0.717, 1.165) is 32.6 Å². The molecule has 0 aliphatic carbocycles. The highest BCUT2D eigenvalue weighted by Gasteiger charge is 2.38. The van der Waals surface area contributed by atoms with Crippen LogP contribution in [0.15, 0.2) is 0 Å². The first-order chi connectivity index (χ1) is 7.77. The van der Waals surface area contributed by atoms with E-state index < -0.39 is 0 Å². The summed E-state index contributed by atoms with van der Waals surface area (Å²) in [6, 6.07) is 0.647. The summed E-state index contributed by atoms with van der Waals surface area (Å²) in [5.41, 5.74) is 0. The number of nitrogens with zero attached hydrogens (tertiary/aromatic N) is 1. The van der Waals surface area contributed by atoms with Crippen LogP contribution >= 0.6 is 0 Å². The molecule has 0 bridgehead atoms. The molecule has 4 heteroatoms. The van der Waals surface area contributed by atoms with Crippen LogP contribution in [0.25, 0.3) is 0 Å². The van der Waals surface area contributed by atoms with Gasteiger partial charge in [-0.15, -0.1) is 0 Å². The van der Waals surface area contributed by atoms with Gasteiger partial charge in [-0.2, -0.15) is 0 Å². The van der Waals surface area contributed by atoms with Crippen molar-refractivity contribution in [2.24, 2.45) is 5.92 Å². The van der Waals surface area contributed by atoms with Crippen LogP contribution in [0.1, 0.15) is 26.7 Å². The van der Waals surface area contributed by atoms with Gasteiger partial charge in [-0.3, -0.25) is 9.69 Å². The van der Waals surface area contributed by atoms with Crippen molar-refractivity contribution in [1.29, 1.82) is 0 Å². The number of rotatable bonds is 3. The van der Waals surface area contributed by atoms with Crippen LogP contribution in [-0.2, 0) is 4.79 Å². The van der Waals surface area contributed by atoms with E-state index >= 15 is 0 Å². The molecule has 2 rings (SSSR count).